The molecule has 1 saturated heterocycles. The summed E-state index contributed by atoms with van der Waals surface area (Å²) in [6.07, 6.45) is 5.10. The largest absolute Gasteiger partial charge is 0.493 e. The van der Waals surface area contributed by atoms with Gasteiger partial charge in [0, 0.05) is 30.5 Å². The molecule has 1 amide bonds. The fourth-order valence-electron chi connectivity index (χ4n) is 5.07. The van der Waals surface area contributed by atoms with Crippen LogP contribution in [0.5, 0.6) is 11.5 Å². The molecule has 2 unspecified atom stereocenters. The van der Waals surface area contributed by atoms with Crippen LogP contribution in [-0.4, -0.2) is 37.6 Å². The standard InChI is InChI=1S/C22H29N3O3/c1-21(2)9-17-10-22(3,13-21)14-25(17)12-15(11-23)20(26)24-16-6-7-18(27-4)19(8-16)28-5/h6-8,12,17H,9-10,13-14H2,1-5H3,(H,24,26)/b15-12-. The minimum atomic E-state index is -0.416. The van der Waals surface area contributed by atoms with E-state index in [4.69, 9.17) is 9.47 Å². The quantitative estimate of drug-likeness (QED) is 0.615. The lowest BCUT2D eigenvalue weighted by molar-refractivity contribution is -0.112. The molecule has 150 valence electrons. The molecule has 0 aromatic heterocycles. The van der Waals surface area contributed by atoms with Crippen LogP contribution in [0.25, 0.3) is 0 Å². The minimum Gasteiger partial charge on any atom is -0.493 e. The first-order valence-corrected chi connectivity index (χ1v) is 9.60. The third-order valence-electron chi connectivity index (χ3n) is 5.76. The lowest BCUT2D eigenvalue weighted by Crippen LogP contribution is -2.33. The van der Waals surface area contributed by atoms with E-state index in [-0.39, 0.29) is 16.4 Å². The fraction of sp³-hybridized carbons (Fsp3) is 0.545. The highest BCUT2D eigenvalue weighted by Crippen LogP contribution is 2.52. The number of anilines is 1. The van der Waals surface area contributed by atoms with Crippen molar-refractivity contribution in [3.05, 3.63) is 30.0 Å². The van der Waals surface area contributed by atoms with Gasteiger partial charge in [0.05, 0.1) is 14.2 Å². The molecule has 2 fully saturated rings. The summed E-state index contributed by atoms with van der Waals surface area (Å²) in [5.41, 5.74) is 1.19. The first-order chi connectivity index (χ1) is 13.2. The Hall–Kier alpha value is -2.68. The molecule has 2 atom stereocenters. The number of nitriles is 1. The van der Waals surface area contributed by atoms with Gasteiger partial charge in [0.1, 0.15) is 11.6 Å². The number of benzene rings is 1. The lowest BCUT2D eigenvalue weighted by atomic mass is 9.65. The molecular formula is C22H29N3O3. The molecule has 3 rings (SSSR count). The highest BCUT2D eigenvalue weighted by Gasteiger charge is 2.48. The zero-order valence-corrected chi connectivity index (χ0v) is 17.3. The number of methoxy groups -OCH3 is 2. The maximum absolute atomic E-state index is 12.7. The summed E-state index contributed by atoms with van der Waals surface area (Å²) in [6.45, 7) is 7.81. The zero-order valence-electron chi connectivity index (χ0n) is 17.3. The molecule has 28 heavy (non-hydrogen) atoms. The van der Waals surface area contributed by atoms with Crippen LogP contribution in [0.2, 0.25) is 0 Å². The number of hydrogen-bond acceptors (Lipinski definition) is 5. The van der Waals surface area contributed by atoms with Crippen LogP contribution in [-0.2, 0) is 4.79 Å². The molecule has 6 heteroatoms. The molecule has 1 saturated carbocycles. The highest BCUT2D eigenvalue weighted by atomic mass is 16.5. The third-order valence-corrected chi connectivity index (χ3v) is 5.76. The van der Waals surface area contributed by atoms with Crippen molar-refractivity contribution in [3.8, 4) is 17.6 Å². The summed E-state index contributed by atoms with van der Waals surface area (Å²) in [4.78, 5) is 14.9. The van der Waals surface area contributed by atoms with Gasteiger partial charge in [0.25, 0.3) is 5.91 Å². The average Bonchev–Trinajstić information content (AvgIpc) is 2.87. The van der Waals surface area contributed by atoms with Gasteiger partial charge in [-0.3, -0.25) is 4.79 Å². The predicted molar refractivity (Wildman–Crippen MR) is 108 cm³/mol. The van der Waals surface area contributed by atoms with E-state index < -0.39 is 5.91 Å². The van der Waals surface area contributed by atoms with Crippen LogP contribution < -0.4 is 14.8 Å². The van der Waals surface area contributed by atoms with E-state index in [1.807, 2.05) is 0 Å². The SMILES string of the molecule is COc1ccc(NC(=O)/C(C#N)=C\N2CC3(C)CC2CC(C)(C)C3)cc1OC. The topological polar surface area (TPSA) is 74.6 Å². The van der Waals surface area contributed by atoms with Gasteiger partial charge in [0.2, 0.25) is 0 Å². The normalized spacial score (nSPS) is 25.8. The van der Waals surface area contributed by atoms with Crippen LogP contribution in [0, 0.1) is 22.2 Å². The Morgan fingerprint density at radius 2 is 1.96 bits per heavy atom. The van der Waals surface area contributed by atoms with Crippen molar-refractivity contribution in [2.75, 3.05) is 26.1 Å². The first-order valence-electron chi connectivity index (χ1n) is 9.60. The van der Waals surface area contributed by atoms with Crippen molar-refractivity contribution in [3.63, 3.8) is 0 Å². The van der Waals surface area contributed by atoms with Gasteiger partial charge < -0.3 is 19.7 Å². The zero-order chi connectivity index (χ0) is 20.5. The van der Waals surface area contributed by atoms with Crippen molar-refractivity contribution < 1.29 is 14.3 Å². The highest BCUT2D eigenvalue weighted by molar-refractivity contribution is 6.06. The van der Waals surface area contributed by atoms with Gasteiger partial charge in [0.15, 0.2) is 11.5 Å². The maximum atomic E-state index is 12.7. The van der Waals surface area contributed by atoms with Crippen LogP contribution in [0.1, 0.15) is 40.0 Å². The summed E-state index contributed by atoms with van der Waals surface area (Å²) in [5.74, 6) is 0.684. The van der Waals surface area contributed by atoms with Gasteiger partial charge in [-0.25, -0.2) is 0 Å². The molecule has 1 aromatic rings. The number of amides is 1. The van der Waals surface area contributed by atoms with Crippen molar-refractivity contribution in [2.45, 2.75) is 46.1 Å². The van der Waals surface area contributed by atoms with Gasteiger partial charge >= 0.3 is 0 Å². The number of carbonyl (C=O) groups is 1. The van der Waals surface area contributed by atoms with E-state index in [2.05, 4.69) is 37.1 Å². The molecule has 1 aliphatic heterocycles. The number of nitrogens with zero attached hydrogens (tertiary/aromatic N) is 2. The summed E-state index contributed by atoms with van der Waals surface area (Å²) < 4.78 is 10.5. The number of fused-ring (bicyclic) bond motifs is 2. The van der Waals surface area contributed by atoms with Gasteiger partial charge in [-0.2, -0.15) is 5.26 Å². The molecule has 6 nitrogen and oxygen atoms in total. The van der Waals surface area contributed by atoms with Crippen LogP contribution >= 0.6 is 0 Å². The average molecular weight is 383 g/mol. The third kappa shape index (κ3) is 4.09. The lowest BCUT2D eigenvalue weighted by Gasteiger charge is -2.39. The van der Waals surface area contributed by atoms with Crippen LogP contribution in [0.4, 0.5) is 5.69 Å². The Labute approximate surface area is 167 Å². The molecule has 0 radical (unpaired) electrons. The number of carbonyl (C=O) groups excluding carboxylic acids is 1. The number of nitrogens with one attached hydrogen (secondary N) is 1. The summed E-state index contributed by atoms with van der Waals surface area (Å²) in [7, 11) is 3.10. The van der Waals surface area contributed by atoms with E-state index in [0.717, 1.165) is 19.4 Å². The molecule has 1 N–H and O–H groups in total. The molecule has 2 bridgehead atoms. The summed E-state index contributed by atoms with van der Waals surface area (Å²) in [6, 6.07) is 7.57. The summed E-state index contributed by atoms with van der Waals surface area (Å²) in [5, 5.41) is 12.4. The second-order valence-corrected chi connectivity index (χ2v) is 9.06. The fourth-order valence-corrected chi connectivity index (χ4v) is 5.07. The van der Waals surface area contributed by atoms with Crippen molar-refractivity contribution >= 4 is 11.6 Å². The Morgan fingerprint density at radius 3 is 2.61 bits per heavy atom. The molecule has 0 spiro atoms. The predicted octanol–water partition coefficient (Wildman–Crippen LogP) is 3.95. The van der Waals surface area contributed by atoms with E-state index in [9.17, 15) is 10.1 Å². The maximum Gasteiger partial charge on any atom is 0.267 e. The second kappa shape index (κ2) is 7.38. The number of hydrogen-bond donors (Lipinski definition) is 1. The second-order valence-electron chi connectivity index (χ2n) is 9.06. The molecular weight excluding hydrogens is 354 g/mol. The first kappa shape index (κ1) is 20.1. The number of rotatable bonds is 5. The monoisotopic (exact) mass is 383 g/mol. The number of likely N-dealkylation sites (tertiary alicyclic amines) is 1. The van der Waals surface area contributed by atoms with Crippen molar-refractivity contribution in [1.29, 1.82) is 5.26 Å². The van der Waals surface area contributed by atoms with Gasteiger partial charge in [-0.05, 0) is 42.2 Å². The summed E-state index contributed by atoms with van der Waals surface area (Å²) >= 11 is 0. The minimum absolute atomic E-state index is 0.115. The van der Waals surface area contributed by atoms with E-state index in [1.54, 1.807) is 31.5 Å². The van der Waals surface area contributed by atoms with Crippen LogP contribution in [0.3, 0.4) is 0 Å². The molecule has 1 heterocycles. The Morgan fingerprint density at radius 1 is 1.25 bits per heavy atom. The Balaban J connectivity index is 1.77. The number of ether oxygens (including phenoxy) is 2. The Bertz CT molecular complexity index is 840. The van der Waals surface area contributed by atoms with E-state index >= 15 is 0 Å². The smallest absolute Gasteiger partial charge is 0.267 e. The van der Waals surface area contributed by atoms with Crippen molar-refractivity contribution in [2.24, 2.45) is 10.8 Å². The van der Waals surface area contributed by atoms with E-state index in [1.165, 1.54) is 13.5 Å². The van der Waals surface area contributed by atoms with Gasteiger partial charge in [-0.1, -0.05) is 20.8 Å². The molecule has 1 aliphatic carbocycles. The van der Waals surface area contributed by atoms with Gasteiger partial charge in [-0.15, -0.1) is 0 Å². The molecule has 1 aromatic carbocycles. The Kier molecular flexibility index (Phi) is 5.29. The van der Waals surface area contributed by atoms with Crippen LogP contribution in [0.15, 0.2) is 30.0 Å². The molecule has 2 aliphatic rings. The van der Waals surface area contributed by atoms with E-state index in [0.29, 0.717) is 23.2 Å². The van der Waals surface area contributed by atoms with Crippen molar-refractivity contribution in [1.82, 2.24) is 4.90 Å².